The summed E-state index contributed by atoms with van der Waals surface area (Å²) >= 11 is 0. The van der Waals surface area contributed by atoms with Crippen molar-refractivity contribution < 1.29 is 4.79 Å². The molecule has 0 saturated heterocycles. The van der Waals surface area contributed by atoms with E-state index in [1.165, 1.54) is 24.8 Å². The van der Waals surface area contributed by atoms with Gasteiger partial charge in [0.2, 0.25) is 0 Å². The Balaban J connectivity index is 1.45. The highest BCUT2D eigenvalue weighted by Crippen LogP contribution is 2.24. The number of hydrogen-bond donors (Lipinski definition) is 1. The molecule has 2 aromatic carbocycles. The summed E-state index contributed by atoms with van der Waals surface area (Å²) in [7, 11) is 4.06. The molecule has 1 aliphatic heterocycles. The molecule has 2 heterocycles. The Kier molecular flexibility index (Phi) is 5.71. The molecule has 6 heteroatoms. The maximum Gasteiger partial charge on any atom is 0.255 e. The number of benzene rings is 2. The van der Waals surface area contributed by atoms with Crippen molar-refractivity contribution in [2.75, 3.05) is 19.4 Å². The monoisotopic (exact) mass is 389 g/mol. The van der Waals surface area contributed by atoms with Crippen LogP contribution >= 0.6 is 0 Å². The number of rotatable bonds is 5. The first-order chi connectivity index (χ1) is 14.1. The second-order valence-electron chi connectivity index (χ2n) is 7.87. The van der Waals surface area contributed by atoms with Crippen LogP contribution in [0.3, 0.4) is 0 Å². The Morgan fingerprint density at radius 3 is 2.48 bits per heavy atom. The number of hydrogen-bond acceptors (Lipinski definition) is 4. The summed E-state index contributed by atoms with van der Waals surface area (Å²) in [6.07, 6.45) is 4.58. The fourth-order valence-corrected chi connectivity index (χ4v) is 3.73. The van der Waals surface area contributed by atoms with Gasteiger partial charge in [0, 0.05) is 36.3 Å². The molecule has 0 fully saturated rings. The number of nitrogens with one attached hydrogen (secondary N) is 1. The van der Waals surface area contributed by atoms with E-state index in [0.29, 0.717) is 5.56 Å². The molecule has 0 radical (unpaired) electrons. The molecule has 29 heavy (non-hydrogen) atoms. The molecule has 0 atom stereocenters. The molecule has 4 rings (SSSR count). The molecule has 1 amide bonds. The van der Waals surface area contributed by atoms with Crippen LogP contribution in [0.25, 0.3) is 11.4 Å². The minimum atomic E-state index is -0.106. The van der Waals surface area contributed by atoms with Crippen LogP contribution < -0.4 is 5.32 Å². The maximum atomic E-state index is 12.5. The number of fused-ring (bicyclic) bond motifs is 1. The van der Waals surface area contributed by atoms with Crippen molar-refractivity contribution in [2.24, 2.45) is 0 Å². The van der Waals surface area contributed by atoms with Gasteiger partial charge in [-0.05, 0) is 68.9 Å². The standard InChI is InChI=1S/C23H27N5O/c1-27(2)16-17-7-9-19(10-8-17)23(29)24-20-13-11-18(12-14-20)22-26-25-21-6-4-3-5-15-28(21)22/h7-14H,3-6,15-16H2,1-2H3,(H,24,29). The van der Waals surface area contributed by atoms with Crippen molar-refractivity contribution in [1.82, 2.24) is 19.7 Å². The first-order valence-electron chi connectivity index (χ1n) is 10.2. The average Bonchev–Trinajstić information content (AvgIpc) is 2.97. The lowest BCUT2D eigenvalue weighted by molar-refractivity contribution is 0.102. The molecule has 0 aliphatic carbocycles. The highest BCUT2D eigenvalue weighted by molar-refractivity contribution is 6.04. The van der Waals surface area contributed by atoms with Gasteiger partial charge in [0.05, 0.1) is 0 Å². The smallest absolute Gasteiger partial charge is 0.255 e. The molecule has 1 aliphatic rings. The fraction of sp³-hybridized carbons (Fsp3) is 0.348. The van der Waals surface area contributed by atoms with Crippen LogP contribution in [-0.4, -0.2) is 39.7 Å². The second-order valence-corrected chi connectivity index (χ2v) is 7.87. The SMILES string of the molecule is CN(C)Cc1ccc(C(=O)Nc2ccc(-c3nnc4n3CCCCC4)cc2)cc1. The van der Waals surface area contributed by atoms with E-state index in [-0.39, 0.29) is 5.91 Å². The largest absolute Gasteiger partial charge is 0.322 e. The number of amides is 1. The first-order valence-corrected chi connectivity index (χ1v) is 10.2. The summed E-state index contributed by atoms with van der Waals surface area (Å²) in [6, 6.07) is 15.6. The van der Waals surface area contributed by atoms with Gasteiger partial charge >= 0.3 is 0 Å². The van der Waals surface area contributed by atoms with E-state index < -0.39 is 0 Å². The van der Waals surface area contributed by atoms with Crippen LogP contribution in [0.15, 0.2) is 48.5 Å². The summed E-state index contributed by atoms with van der Waals surface area (Å²) in [5, 5.41) is 11.7. The summed E-state index contributed by atoms with van der Waals surface area (Å²) in [5.74, 6) is 1.88. The van der Waals surface area contributed by atoms with Gasteiger partial charge in [-0.25, -0.2) is 0 Å². The van der Waals surface area contributed by atoms with Gasteiger partial charge in [-0.3, -0.25) is 4.79 Å². The van der Waals surface area contributed by atoms with Crippen molar-refractivity contribution in [3.63, 3.8) is 0 Å². The summed E-state index contributed by atoms with van der Waals surface area (Å²) < 4.78 is 2.23. The summed E-state index contributed by atoms with van der Waals surface area (Å²) in [5.41, 5.74) is 3.63. The van der Waals surface area contributed by atoms with Crippen LogP contribution in [0.2, 0.25) is 0 Å². The van der Waals surface area contributed by atoms with E-state index in [9.17, 15) is 4.79 Å². The van der Waals surface area contributed by atoms with Gasteiger partial charge in [0.15, 0.2) is 5.82 Å². The van der Waals surface area contributed by atoms with Crippen molar-refractivity contribution in [3.8, 4) is 11.4 Å². The van der Waals surface area contributed by atoms with Crippen molar-refractivity contribution in [2.45, 2.75) is 38.8 Å². The van der Waals surface area contributed by atoms with Gasteiger partial charge in [-0.2, -0.15) is 0 Å². The molecule has 0 bridgehead atoms. The van der Waals surface area contributed by atoms with E-state index in [4.69, 9.17) is 0 Å². The lowest BCUT2D eigenvalue weighted by Crippen LogP contribution is -2.13. The van der Waals surface area contributed by atoms with Crippen molar-refractivity contribution in [3.05, 3.63) is 65.5 Å². The molecule has 0 spiro atoms. The van der Waals surface area contributed by atoms with Gasteiger partial charge in [-0.1, -0.05) is 18.6 Å². The lowest BCUT2D eigenvalue weighted by atomic mass is 10.1. The second kappa shape index (κ2) is 8.57. The molecule has 6 nitrogen and oxygen atoms in total. The molecule has 1 N–H and O–H groups in total. The van der Waals surface area contributed by atoms with Crippen LogP contribution in [0.1, 0.15) is 41.0 Å². The molecular formula is C23H27N5O. The molecule has 3 aromatic rings. The van der Waals surface area contributed by atoms with Crippen LogP contribution in [0.4, 0.5) is 5.69 Å². The summed E-state index contributed by atoms with van der Waals surface area (Å²) in [6.45, 7) is 1.83. The normalized spacial score (nSPS) is 13.8. The topological polar surface area (TPSA) is 63.1 Å². The summed E-state index contributed by atoms with van der Waals surface area (Å²) in [4.78, 5) is 14.6. The highest BCUT2D eigenvalue weighted by atomic mass is 16.1. The highest BCUT2D eigenvalue weighted by Gasteiger charge is 2.16. The molecule has 0 saturated carbocycles. The zero-order valence-corrected chi connectivity index (χ0v) is 17.1. The third kappa shape index (κ3) is 4.54. The molecular weight excluding hydrogens is 362 g/mol. The Morgan fingerprint density at radius 2 is 1.76 bits per heavy atom. The zero-order chi connectivity index (χ0) is 20.2. The predicted octanol–water partition coefficient (Wildman–Crippen LogP) is 3.99. The number of aromatic nitrogens is 3. The molecule has 0 unspecified atom stereocenters. The van der Waals surface area contributed by atoms with E-state index in [1.807, 2.05) is 62.6 Å². The molecule has 1 aromatic heterocycles. The zero-order valence-electron chi connectivity index (χ0n) is 17.1. The Labute approximate surface area is 171 Å². The fourth-order valence-electron chi connectivity index (χ4n) is 3.73. The lowest BCUT2D eigenvalue weighted by Gasteiger charge is -2.11. The van der Waals surface area contributed by atoms with Crippen molar-refractivity contribution in [1.29, 1.82) is 0 Å². The third-order valence-corrected chi connectivity index (χ3v) is 5.23. The van der Waals surface area contributed by atoms with Crippen LogP contribution in [0, 0.1) is 0 Å². The van der Waals surface area contributed by atoms with E-state index in [0.717, 1.165) is 42.4 Å². The maximum absolute atomic E-state index is 12.5. The van der Waals surface area contributed by atoms with Gasteiger partial charge < -0.3 is 14.8 Å². The van der Waals surface area contributed by atoms with Crippen molar-refractivity contribution >= 4 is 11.6 Å². The quantitative estimate of drug-likeness (QED) is 0.717. The Morgan fingerprint density at radius 1 is 1.00 bits per heavy atom. The van der Waals surface area contributed by atoms with Crippen LogP contribution in [0.5, 0.6) is 0 Å². The van der Waals surface area contributed by atoms with Crippen LogP contribution in [-0.2, 0) is 19.5 Å². The average molecular weight is 390 g/mol. The Hall–Kier alpha value is -2.99. The predicted molar refractivity (Wildman–Crippen MR) is 115 cm³/mol. The number of carbonyl (C=O) groups excluding carboxylic acids is 1. The van der Waals surface area contributed by atoms with E-state index >= 15 is 0 Å². The first kappa shape index (κ1) is 19.3. The molecule has 150 valence electrons. The minimum Gasteiger partial charge on any atom is -0.322 e. The number of aryl methyl sites for hydroxylation is 1. The number of nitrogens with zero attached hydrogens (tertiary/aromatic N) is 4. The third-order valence-electron chi connectivity index (χ3n) is 5.23. The van der Waals surface area contributed by atoms with Gasteiger partial charge in [0.25, 0.3) is 5.91 Å². The number of anilines is 1. The van der Waals surface area contributed by atoms with E-state index in [1.54, 1.807) is 0 Å². The van der Waals surface area contributed by atoms with E-state index in [2.05, 4.69) is 25.0 Å². The van der Waals surface area contributed by atoms with Gasteiger partial charge in [0.1, 0.15) is 5.82 Å². The number of carbonyl (C=O) groups is 1. The minimum absolute atomic E-state index is 0.106. The Bertz CT molecular complexity index is 974. The van der Waals surface area contributed by atoms with Gasteiger partial charge in [-0.15, -0.1) is 10.2 Å².